The monoisotopic (exact) mass is 287 g/mol. The van der Waals surface area contributed by atoms with Crippen molar-refractivity contribution in [1.82, 2.24) is 10.2 Å². The highest BCUT2D eigenvalue weighted by atomic mass is 35.5. The maximum atomic E-state index is 11.4. The van der Waals surface area contributed by atoms with Crippen LogP contribution >= 0.6 is 23.2 Å². The minimum atomic E-state index is -0.310. The van der Waals surface area contributed by atoms with Crippen molar-refractivity contribution in [3.05, 3.63) is 33.8 Å². The van der Waals surface area contributed by atoms with Crippen LogP contribution in [0.4, 0.5) is 0 Å². The van der Waals surface area contributed by atoms with E-state index in [1.165, 1.54) is 0 Å². The molecule has 1 atom stereocenters. The summed E-state index contributed by atoms with van der Waals surface area (Å²) >= 11 is 11.9. The van der Waals surface area contributed by atoms with E-state index in [-0.39, 0.29) is 11.9 Å². The number of nitrogens with two attached hydrogens (primary N) is 1. The standard InChI is InChI=1S/C12H15Cl2N3O/c13-9-3-8(4-10(14)5-9)7-17-2-1-16-6-11(17)12(15)18/h3-5,11,16H,1-2,6-7H2,(H2,15,18). The zero-order valence-electron chi connectivity index (χ0n) is 9.83. The van der Waals surface area contributed by atoms with Crippen LogP contribution in [0.3, 0.4) is 0 Å². The summed E-state index contributed by atoms with van der Waals surface area (Å²) in [5.41, 5.74) is 6.39. The number of nitrogens with zero attached hydrogens (tertiary/aromatic N) is 1. The number of piperazine rings is 1. The zero-order valence-corrected chi connectivity index (χ0v) is 11.3. The second kappa shape index (κ2) is 5.89. The van der Waals surface area contributed by atoms with Gasteiger partial charge >= 0.3 is 0 Å². The minimum Gasteiger partial charge on any atom is -0.368 e. The first-order chi connectivity index (χ1) is 8.56. The van der Waals surface area contributed by atoms with Crippen molar-refractivity contribution in [1.29, 1.82) is 0 Å². The molecule has 0 aliphatic carbocycles. The zero-order chi connectivity index (χ0) is 13.1. The molecule has 1 unspecified atom stereocenters. The summed E-state index contributed by atoms with van der Waals surface area (Å²) in [6, 6.07) is 5.12. The lowest BCUT2D eigenvalue weighted by atomic mass is 10.1. The number of nitrogens with one attached hydrogen (secondary N) is 1. The number of amides is 1. The van der Waals surface area contributed by atoms with Gasteiger partial charge in [0.05, 0.1) is 0 Å². The summed E-state index contributed by atoms with van der Waals surface area (Å²) in [5.74, 6) is -0.310. The van der Waals surface area contributed by atoms with Gasteiger partial charge in [-0.3, -0.25) is 9.69 Å². The SMILES string of the molecule is NC(=O)C1CNCCN1Cc1cc(Cl)cc(Cl)c1. The Kier molecular flexibility index (Phi) is 4.45. The minimum absolute atomic E-state index is 0.281. The predicted molar refractivity (Wildman–Crippen MR) is 72.7 cm³/mol. The molecule has 0 radical (unpaired) electrons. The lowest BCUT2D eigenvalue weighted by Gasteiger charge is -2.34. The number of hydrogen-bond acceptors (Lipinski definition) is 3. The maximum absolute atomic E-state index is 11.4. The Labute approximate surface area is 116 Å². The molecule has 1 aliphatic heterocycles. The van der Waals surface area contributed by atoms with Gasteiger partial charge in [0.1, 0.15) is 6.04 Å². The molecule has 1 fully saturated rings. The number of carbonyl (C=O) groups excluding carboxylic acids is 1. The van der Waals surface area contributed by atoms with Crippen molar-refractivity contribution in [2.24, 2.45) is 5.73 Å². The van der Waals surface area contributed by atoms with E-state index < -0.39 is 0 Å². The summed E-state index contributed by atoms with van der Waals surface area (Å²) in [6.45, 7) is 2.83. The molecule has 1 aliphatic rings. The van der Waals surface area contributed by atoms with Crippen molar-refractivity contribution < 1.29 is 4.79 Å². The molecule has 98 valence electrons. The number of primary amides is 1. The summed E-state index contributed by atoms with van der Waals surface area (Å²) in [4.78, 5) is 13.4. The van der Waals surface area contributed by atoms with E-state index >= 15 is 0 Å². The van der Waals surface area contributed by atoms with Gasteiger partial charge in [-0.15, -0.1) is 0 Å². The maximum Gasteiger partial charge on any atom is 0.236 e. The van der Waals surface area contributed by atoms with Gasteiger partial charge < -0.3 is 11.1 Å². The molecule has 1 heterocycles. The molecule has 18 heavy (non-hydrogen) atoms. The van der Waals surface area contributed by atoms with Crippen LogP contribution in [0.15, 0.2) is 18.2 Å². The molecule has 2 rings (SSSR count). The second-order valence-corrected chi connectivity index (χ2v) is 5.24. The van der Waals surface area contributed by atoms with Gasteiger partial charge in [0.2, 0.25) is 5.91 Å². The van der Waals surface area contributed by atoms with E-state index in [0.717, 1.165) is 18.7 Å². The van der Waals surface area contributed by atoms with Crippen LogP contribution < -0.4 is 11.1 Å². The molecule has 0 aromatic heterocycles. The van der Waals surface area contributed by atoms with Gasteiger partial charge in [0, 0.05) is 36.2 Å². The van der Waals surface area contributed by atoms with Crippen molar-refractivity contribution >= 4 is 29.1 Å². The first-order valence-electron chi connectivity index (χ1n) is 5.75. The topological polar surface area (TPSA) is 58.4 Å². The molecule has 1 aromatic rings. The van der Waals surface area contributed by atoms with E-state index in [1.54, 1.807) is 6.07 Å². The third-order valence-corrected chi connectivity index (χ3v) is 3.43. The predicted octanol–water partition coefficient (Wildman–Crippen LogP) is 1.25. The first-order valence-corrected chi connectivity index (χ1v) is 6.51. The highest BCUT2D eigenvalue weighted by Gasteiger charge is 2.26. The Bertz CT molecular complexity index is 433. The third kappa shape index (κ3) is 3.36. The number of hydrogen-bond donors (Lipinski definition) is 2. The van der Waals surface area contributed by atoms with E-state index in [9.17, 15) is 4.79 Å². The quantitative estimate of drug-likeness (QED) is 0.880. The van der Waals surface area contributed by atoms with Crippen molar-refractivity contribution in [2.45, 2.75) is 12.6 Å². The van der Waals surface area contributed by atoms with Crippen molar-refractivity contribution in [3.8, 4) is 0 Å². The van der Waals surface area contributed by atoms with E-state index in [4.69, 9.17) is 28.9 Å². The summed E-state index contributed by atoms with van der Waals surface area (Å²) in [5, 5.41) is 4.36. The molecule has 3 N–H and O–H groups in total. The third-order valence-electron chi connectivity index (χ3n) is 2.99. The number of halogens is 2. The Morgan fingerprint density at radius 1 is 1.39 bits per heavy atom. The van der Waals surface area contributed by atoms with Crippen molar-refractivity contribution in [2.75, 3.05) is 19.6 Å². The average molecular weight is 288 g/mol. The number of benzene rings is 1. The van der Waals surface area contributed by atoms with Crippen LogP contribution in [0.5, 0.6) is 0 Å². The Hall–Kier alpha value is -0.810. The Balaban J connectivity index is 2.13. The average Bonchev–Trinajstić information content (AvgIpc) is 2.27. The molecule has 4 nitrogen and oxygen atoms in total. The van der Waals surface area contributed by atoms with Crippen LogP contribution in [0, 0.1) is 0 Å². The molecule has 0 saturated carbocycles. The van der Waals surface area contributed by atoms with Gasteiger partial charge in [0.25, 0.3) is 0 Å². The number of rotatable bonds is 3. The highest BCUT2D eigenvalue weighted by molar-refractivity contribution is 6.34. The van der Waals surface area contributed by atoms with Crippen LogP contribution in [-0.2, 0) is 11.3 Å². The van der Waals surface area contributed by atoms with Gasteiger partial charge in [-0.25, -0.2) is 0 Å². The van der Waals surface area contributed by atoms with Crippen LogP contribution in [0.2, 0.25) is 10.0 Å². The molecular weight excluding hydrogens is 273 g/mol. The molecular formula is C12H15Cl2N3O. The molecule has 1 aromatic carbocycles. The summed E-state index contributed by atoms with van der Waals surface area (Å²) in [6.07, 6.45) is 0. The fourth-order valence-electron chi connectivity index (χ4n) is 2.15. The Morgan fingerprint density at radius 3 is 2.67 bits per heavy atom. The molecule has 1 saturated heterocycles. The number of carbonyl (C=O) groups is 1. The molecule has 1 amide bonds. The fraction of sp³-hybridized carbons (Fsp3) is 0.417. The largest absolute Gasteiger partial charge is 0.368 e. The molecule has 0 spiro atoms. The summed E-state index contributed by atoms with van der Waals surface area (Å²) < 4.78 is 0. The van der Waals surface area contributed by atoms with Gasteiger partial charge in [-0.1, -0.05) is 23.2 Å². The normalized spacial score (nSPS) is 20.9. The smallest absolute Gasteiger partial charge is 0.236 e. The van der Waals surface area contributed by atoms with Crippen LogP contribution in [-0.4, -0.2) is 36.5 Å². The molecule has 6 heteroatoms. The lowest BCUT2D eigenvalue weighted by molar-refractivity contribution is -0.124. The second-order valence-electron chi connectivity index (χ2n) is 4.37. The van der Waals surface area contributed by atoms with E-state index in [0.29, 0.717) is 23.1 Å². The summed E-state index contributed by atoms with van der Waals surface area (Å²) in [7, 11) is 0. The van der Waals surface area contributed by atoms with Crippen LogP contribution in [0.25, 0.3) is 0 Å². The van der Waals surface area contributed by atoms with Crippen LogP contribution in [0.1, 0.15) is 5.56 Å². The van der Waals surface area contributed by atoms with Gasteiger partial charge in [-0.05, 0) is 23.8 Å². The van der Waals surface area contributed by atoms with Crippen molar-refractivity contribution in [3.63, 3.8) is 0 Å². The Morgan fingerprint density at radius 2 is 2.06 bits per heavy atom. The lowest BCUT2D eigenvalue weighted by Crippen LogP contribution is -2.56. The molecule has 0 bridgehead atoms. The van der Waals surface area contributed by atoms with Gasteiger partial charge in [0.15, 0.2) is 0 Å². The fourth-order valence-corrected chi connectivity index (χ4v) is 2.72. The highest BCUT2D eigenvalue weighted by Crippen LogP contribution is 2.21. The van der Waals surface area contributed by atoms with E-state index in [1.807, 2.05) is 17.0 Å². The first kappa shape index (κ1) is 13.6. The van der Waals surface area contributed by atoms with Gasteiger partial charge in [-0.2, -0.15) is 0 Å². The van der Waals surface area contributed by atoms with E-state index in [2.05, 4.69) is 5.32 Å².